The predicted molar refractivity (Wildman–Crippen MR) is 70.7 cm³/mol. The van der Waals surface area contributed by atoms with Crippen LogP contribution in [0, 0.1) is 11.6 Å². The lowest BCUT2D eigenvalue weighted by atomic mass is 10.0. The molecular weight excluding hydrogens is 248 g/mol. The fourth-order valence-electron chi connectivity index (χ4n) is 2.81. The minimum absolute atomic E-state index is 0.282. The van der Waals surface area contributed by atoms with E-state index in [-0.39, 0.29) is 5.39 Å². The number of fused-ring (bicyclic) bond motifs is 2. The average Bonchev–Trinajstić information content (AvgIpc) is 2.60. The summed E-state index contributed by atoms with van der Waals surface area (Å²) in [5.41, 5.74) is 5.34. The molecule has 0 aliphatic heterocycles. The number of halogens is 2. The van der Waals surface area contributed by atoms with Gasteiger partial charge in [0.05, 0.1) is 16.6 Å². The highest BCUT2D eigenvalue weighted by molar-refractivity contribution is 5.94. The van der Waals surface area contributed by atoms with Crippen LogP contribution >= 0.6 is 0 Å². The third kappa shape index (κ3) is 2.04. The van der Waals surface area contributed by atoms with Crippen molar-refractivity contribution in [2.24, 2.45) is 5.84 Å². The molecule has 3 N–H and O–H groups in total. The predicted octanol–water partition coefficient (Wildman–Crippen LogP) is 3.07. The summed E-state index contributed by atoms with van der Waals surface area (Å²) in [5.74, 6) is 4.32. The number of nitrogen functional groups attached to an aromatic ring is 1. The van der Waals surface area contributed by atoms with Crippen molar-refractivity contribution in [2.45, 2.75) is 32.1 Å². The Hall–Kier alpha value is -1.75. The highest BCUT2D eigenvalue weighted by Crippen LogP contribution is 2.33. The van der Waals surface area contributed by atoms with Crippen LogP contribution in [0.4, 0.5) is 14.5 Å². The summed E-state index contributed by atoms with van der Waals surface area (Å²) in [4.78, 5) is 4.43. The summed E-state index contributed by atoms with van der Waals surface area (Å²) in [6, 6.07) is 2.12. The molecule has 0 radical (unpaired) electrons. The van der Waals surface area contributed by atoms with Crippen molar-refractivity contribution >= 4 is 16.6 Å². The van der Waals surface area contributed by atoms with E-state index in [0.717, 1.165) is 49.4 Å². The van der Waals surface area contributed by atoms with Crippen LogP contribution in [0.1, 0.15) is 30.5 Å². The molecule has 0 fully saturated rings. The van der Waals surface area contributed by atoms with Crippen molar-refractivity contribution in [1.29, 1.82) is 0 Å². The molecule has 0 saturated carbocycles. The maximum absolute atomic E-state index is 14.0. The topological polar surface area (TPSA) is 50.9 Å². The van der Waals surface area contributed by atoms with E-state index in [0.29, 0.717) is 11.2 Å². The van der Waals surface area contributed by atoms with Gasteiger partial charge in [0.25, 0.3) is 0 Å². The molecular formula is C14H15F2N3. The smallest absolute Gasteiger partial charge is 0.137 e. The van der Waals surface area contributed by atoms with Gasteiger partial charge in [0.1, 0.15) is 11.6 Å². The van der Waals surface area contributed by atoms with Crippen LogP contribution in [0.15, 0.2) is 12.1 Å². The van der Waals surface area contributed by atoms with Gasteiger partial charge in [-0.3, -0.25) is 10.8 Å². The molecule has 3 nitrogen and oxygen atoms in total. The maximum Gasteiger partial charge on any atom is 0.137 e. The molecule has 0 bridgehead atoms. The molecule has 1 aliphatic rings. The van der Waals surface area contributed by atoms with Crippen molar-refractivity contribution in [3.8, 4) is 0 Å². The van der Waals surface area contributed by atoms with Crippen LogP contribution in [0.5, 0.6) is 0 Å². The average molecular weight is 263 g/mol. The molecule has 1 heterocycles. The van der Waals surface area contributed by atoms with Crippen LogP contribution in [0.3, 0.4) is 0 Å². The molecule has 3 rings (SSSR count). The van der Waals surface area contributed by atoms with Crippen molar-refractivity contribution in [3.63, 3.8) is 0 Å². The third-order valence-electron chi connectivity index (χ3n) is 3.67. The second-order valence-electron chi connectivity index (χ2n) is 4.90. The number of hydrogen-bond donors (Lipinski definition) is 2. The quantitative estimate of drug-likeness (QED) is 0.472. The maximum atomic E-state index is 14.0. The van der Waals surface area contributed by atoms with Crippen molar-refractivity contribution < 1.29 is 8.78 Å². The van der Waals surface area contributed by atoms with Crippen LogP contribution < -0.4 is 11.3 Å². The lowest BCUT2D eigenvalue weighted by molar-refractivity contribution is 0.591. The van der Waals surface area contributed by atoms with Crippen LogP contribution in [-0.2, 0) is 12.8 Å². The molecule has 5 heteroatoms. The van der Waals surface area contributed by atoms with Gasteiger partial charge < -0.3 is 5.43 Å². The number of rotatable bonds is 1. The van der Waals surface area contributed by atoms with Gasteiger partial charge in [0.15, 0.2) is 0 Å². The van der Waals surface area contributed by atoms with Gasteiger partial charge in [-0.25, -0.2) is 8.78 Å². The highest BCUT2D eigenvalue weighted by Gasteiger charge is 2.19. The Labute approximate surface area is 109 Å². The highest BCUT2D eigenvalue weighted by atomic mass is 19.1. The molecule has 19 heavy (non-hydrogen) atoms. The van der Waals surface area contributed by atoms with Crippen LogP contribution in [0.25, 0.3) is 10.9 Å². The van der Waals surface area contributed by atoms with Gasteiger partial charge in [0, 0.05) is 17.8 Å². The zero-order chi connectivity index (χ0) is 13.4. The zero-order valence-corrected chi connectivity index (χ0v) is 10.5. The van der Waals surface area contributed by atoms with E-state index in [1.54, 1.807) is 0 Å². The largest absolute Gasteiger partial charge is 0.323 e. The molecule has 0 atom stereocenters. The second-order valence-corrected chi connectivity index (χ2v) is 4.90. The lowest BCUT2D eigenvalue weighted by Gasteiger charge is -2.15. The second kappa shape index (κ2) is 4.74. The first-order chi connectivity index (χ1) is 9.20. The number of hydrogen-bond acceptors (Lipinski definition) is 3. The van der Waals surface area contributed by atoms with Crippen molar-refractivity contribution in [2.75, 3.05) is 5.43 Å². The van der Waals surface area contributed by atoms with Gasteiger partial charge in [0.2, 0.25) is 0 Å². The van der Waals surface area contributed by atoms with Gasteiger partial charge >= 0.3 is 0 Å². The summed E-state index contributed by atoms with van der Waals surface area (Å²) < 4.78 is 27.3. The van der Waals surface area contributed by atoms with E-state index in [2.05, 4.69) is 10.4 Å². The summed E-state index contributed by atoms with van der Waals surface area (Å²) in [6.07, 6.45) is 4.87. The van der Waals surface area contributed by atoms with Gasteiger partial charge in [-0.05, 0) is 31.2 Å². The number of aromatic nitrogens is 1. The van der Waals surface area contributed by atoms with E-state index in [4.69, 9.17) is 5.84 Å². The number of aryl methyl sites for hydroxylation is 1. The molecule has 0 saturated heterocycles. The standard InChI is InChI=1S/C14H15F2N3/c15-8-6-10(16)13-12(7-8)18-11-5-3-1-2-4-9(11)14(13)19-17/h6-7H,1-5,17H2,(H,18,19). The molecule has 1 aliphatic carbocycles. The van der Waals surface area contributed by atoms with E-state index in [1.165, 1.54) is 6.07 Å². The number of anilines is 1. The summed E-state index contributed by atoms with van der Waals surface area (Å²) >= 11 is 0. The van der Waals surface area contributed by atoms with E-state index < -0.39 is 11.6 Å². The van der Waals surface area contributed by atoms with Crippen molar-refractivity contribution in [3.05, 3.63) is 35.0 Å². The fraction of sp³-hybridized carbons (Fsp3) is 0.357. The van der Waals surface area contributed by atoms with E-state index >= 15 is 0 Å². The summed E-state index contributed by atoms with van der Waals surface area (Å²) in [5, 5.41) is 0.282. The summed E-state index contributed by atoms with van der Waals surface area (Å²) in [7, 11) is 0. The molecule has 0 spiro atoms. The van der Waals surface area contributed by atoms with Gasteiger partial charge in [-0.2, -0.15) is 0 Å². The first kappa shape index (κ1) is 12.3. The molecule has 0 unspecified atom stereocenters. The molecule has 0 amide bonds. The molecule has 100 valence electrons. The van der Waals surface area contributed by atoms with Crippen molar-refractivity contribution in [1.82, 2.24) is 4.98 Å². The number of pyridine rings is 1. The number of nitrogens with one attached hydrogen (secondary N) is 1. The van der Waals surface area contributed by atoms with E-state index in [1.807, 2.05) is 0 Å². The lowest BCUT2D eigenvalue weighted by Crippen LogP contribution is -2.13. The number of hydrazine groups is 1. The zero-order valence-electron chi connectivity index (χ0n) is 10.5. The Bertz CT molecular complexity index is 640. The van der Waals surface area contributed by atoms with E-state index in [9.17, 15) is 8.78 Å². The van der Waals surface area contributed by atoms with Crippen LogP contribution in [0.2, 0.25) is 0 Å². The summed E-state index contributed by atoms with van der Waals surface area (Å²) in [6.45, 7) is 0. The molecule has 1 aromatic carbocycles. The minimum atomic E-state index is -0.623. The Morgan fingerprint density at radius 2 is 1.89 bits per heavy atom. The van der Waals surface area contributed by atoms with Gasteiger partial charge in [-0.15, -0.1) is 0 Å². The fourth-order valence-corrected chi connectivity index (χ4v) is 2.81. The number of nitrogens with two attached hydrogens (primary N) is 1. The normalized spacial score (nSPS) is 15.1. The monoisotopic (exact) mass is 263 g/mol. The van der Waals surface area contributed by atoms with Crippen LogP contribution in [-0.4, -0.2) is 4.98 Å². The molecule has 2 aromatic rings. The molecule has 1 aromatic heterocycles. The van der Waals surface area contributed by atoms with Gasteiger partial charge in [-0.1, -0.05) is 6.42 Å². The number of nitrogens with zero attached hydrogens (tertiary/aromatic N) is 1. The Morgan fingerprint density at radius 1 is 1.11 bits per heavy atom. The Balaban J connectivity index is 2.36. The minimum Gasteiger partial charge on any atom is -0.323 e. The first-order valence-electron chi connectivity index (χ1n) is 6.48. The first-order valence-corrected chi connectivity index (χ1v) is 6.48. The Kier molecular flexibility index (Phi) is 3.06. The SMILES string of the molecule is NNc1c2c(nc3cc(F)cc(F)c13)CCCCC2. The third-order valence-corrected chi connectivity index (χ3v) is 3.67. The number of benzene rings is 1. The Morgan fingerprint density at radius 3 is 2.68 bits per heavy atom.